The van der Waals surface area contributed by atoms with Crippen LogP contribution in [0.1, 0.15) is 27.6 Å². The van der Waals surface area contributed by atoms with Crippen LogP contribution in [-0.2, 0) is 26.6 Å². The first-order valence-electron chi connectivity index (χ1n) is 13.2. The van der Waals surface area contributed by atoms with Crippen LogP contribution in [0.2, 0.25) is 10.0 Å². The normalized spacial score (nSPS) is 13.2. The van der Waals surface area contributed by atoms with Gasteiger partial charge in [0.2, 0.25) is 5.88 Å². The molecule has 3 heterocycles. The number of halogens is 2. The van der Waals surface area contributed by atoms with E-state index in [0.717, 1.165) is 29.9 Å². The summed E-state index contributed by atoms with van der Waals surface area (Å²) in [6, 6.07) is 10.9. The predicted molar refractivity (Wildman–Crippen MR) is 159 cm³/mol. The van der Waals surface area contributed by atoms with Gasteiger partial charge >= 0.3 is 0 Å². The number of carbonyl (C=O) groups is 1. The molecule has 0 saturated carbocycles. The first-order chi connectivity index (χ1) is 19.8. The van der Waals surface area contributed by atoms with Crippen LogP contribution in [0.25, 0.3) is 22.5 Å². The van der Waals surface area contributed by atoms with Crippen LogP contribution < -0.4 is 15.4 Å². The number of rotatable bonds is 9. The van der Waals surface area contributed by atoms with Crippen LogP contribution in [-0.4, -0.2) is 69.3 Å². The average molecular weight is 597 g/mol. The highest BCUT2D eigenvalue weighted by atomic mass is 35.5. The lowest BCUT2D eigenvalue weighted by Gasteiger charge is -2.21. The Balaban J connectivity index is 1.43. The maximum Gasteiger partial charge on any atom is 0.291 e. The Morgan fingerprint density at radius 3 is 2.56 bits per heavy atom. The largest absolute Gasteiger partial charge is 0.481 e. The van der Waals surface area contributed by atoms with E-state index in [1.54, 1.807) is 12.3 Å². The highest BCUT2D eigenvalue weighted by Crippen LogP contribution is 2.41. The molecular formula is C29H31Cl2N7O3. The molecule has 10 nitrogen and oxygen atoms in total. The predicted octanol–water partition coefficient (Wildman–Crippen LogP) is 4.18. The van der Waals surface area contributed by atoms with Crippen molar-refractivity contribution in [1.29, 1.82) is 0 Å². The molecule has 1 aliphatic heterocycles. The minimum atomic E-state index is -0.336. The fourth-order valence-corrected chi connectivity index (χ4v) is 5.50. The maximum atomic E-state index is 13.3. The number of aliphatic hydroxyl groups is 1. The molecule has 214 valence electrons. The van der Waals surface area contributed by atoms with Crippen LogP contribution in [0, 0.1) is 0 Å². The summed E-state index contributed by atoms with van der Waals surface area (Å²) in [6.07, 6.45) is 2.51. The van der Waals surface area contributed by atoms with Gasteiger partial charge in [-0.05, 0) is 19.2 Å². The second-order valence-electron chi connectivity index (χ2n) is 9.79. The SMILES string of the molecule is COc1nc(-c2cccc(-c3cccc(NC(=O)c4nc5c(n4C)CCN(C)C5)c3Cl)c2Cl)ncc1CNCCO. The Hall–Kier alpha value is -3.54. The summed E-state index contributed by atoms with van der Waals surface area (Å²) in [5, 5.41) is 15.8. The Labute approximate surface area is 248 Å². The van der Waals surface area contributed by atoms with Gasteiger partial charge in [-0.25, -0.2) is 9.97 Å². The quantitative estimate of drug-likeness (QED) is 0.247. The highest BCUT2D eigenvalue weighted by Gasteiger charge is 2.25. The van der Waals surface area contributed by atoms with E-state index in [9.17, 15) is 4.79 Å². The van der Waals surface area contributed by atoms with Gasteiger partial charge in [0.05, 0.1) is 35.1 Å². The number of aliphatic hydroxyl groups excluding tert-OH is 1. The number of nitrogens with one attached hydrogen (secondary N) is 2. The zero-order valence-electron chi connectivity index (χ0n) is 23.0. The van der Waals surface area contributed by atoms with E-state index in [4.69, 9.17) is 33.0 Å². The zero-order chi connectivity index (χ0) is 29.1. The molecule has 2 aromatic carbocycles. The number of methoxy groups -OCH3 is 1. The summed E-state index contributed by atoms with van der Waals surface area (Å²) in [5.74, 6) is 0.808. The second kappa shape index (κ2) is 12.5. The van der Waals surface area contributed by atoms with Crippen molar-refractivity contribution in [2.75, 3.05) is 39.2 Å². The van der Waals surface area contributed by atoms with Gasteiger partial charge in [0.25, 0.3) is 5.91 Å². The molecule has 4 aromatic rings. The number of benzene rings is 2. The van der Waals surface area contributed by atoms with Crippen molar-refractivity contribution in [3.05, 3.63) is 75.4 Å². The van der Waals surface area contributed by atoms with Crippen LogP contribution in [0.15, 0.2) is 42.6 Å². The lowest BCUT2D eigenvalue weighted by atomic mass is 10.0. The number of ether oxygens (including phenoxy) is 1. The van der Waals surface area contributed by atoms with E-state index in [1.807, 2.05) is 49.0 Å². The van der Waals surface area contributed by atoms with Gasteiger partial charge in [0.15, 0.2) is 11.6 Å². The lowest BCUT2D eigenvalue weighted by molar-refractivity contribution is 0.101. The fourth-order valence-electron chi connectivity index (χ4n) is 4.91. The van der Waals surface area contributed by atoms with E-state index in [0.29, 0.717) is 69.6 Å². The summed E-state index contributed by atoms with van der Waals surface area (Å²) in [6.45, 7) is 2.55. The molecular weight excluding hydrogens is 565 g/mol. The number of fused-ring (bicyclic) bond motifs is 1. The first-order valence-corrected chi connectivity index (χ1v) is 13.9. The van der Waals surface area contributed by atoms with Crippen molar-refractivity contribution in [3.63, 3.8) is 0 Å². The smallest absolute Gasteiger partial charge is 0.291 e. The molecule has 1 amide bonds. The molecule has 41 heavy (non-hydrogen) atoms. The molecule has 0 spiro atoms. The van der Waals surface area contributed by atoms with Gasteiger partial charge in [0, 0.05) is 73.8 Å². The van der Waals surface area contributed by atoms with E-state index in [-0.39, 0.29) is 12.5 Å². The number of nitrogens with zero attached hydrogens (tertiary/aromatic N) is 5. The Morgan fingerprint density at radius 2 is 1.80 bits per heavy atom. The highest BCUT2D eigenvalue weighted by molar-refractivity contribution is 6.39. The summed E-state index contributed by atoms with van der Waals surface area (Å²) in [7, 11) is 5.45. The fraction of sp³-hybridized carbons (Fsp3) is 0.310. The third-order valence-electron chi connectivity index (χ3n) is 7.05. The number of carbonyl (C=O) groups excluding carboxylic acids is 1. The summed E-state index contributed by atoms with van der Waals surface area (Å²) in [4.78, 5) is 29.1. The van der Waals surface area contributed by atoms with Crippen molar-refractivity contribution in [3.8, 4) is 28.4 Å². The Morgan fingerprint density at radius 1 is 1.07 bits per heavy atom. The summed E-state index contributed by atoms with van der Waals surface area (Å²) >= 11 is 13.8. The first kappa shape index (κ1) is 29.0. The van der Waals surface area contributed by atoms with Crippen molar-refractivity contribution in [1.82, 2.24) is 29.7 Å². The molecule has 5 rings (SSSR count). The Bertz CT molecular complexity index is 1590. The van der Waals surface area contributed by atoms with Crippen molar-refractivity contribution < 1.29 is 14.6 Å². The number of aromatic nitrogens is 4. The van der Waals surface area contributed by atoms with Crippen LogP contribution in [0.3, 0.4) is 0 Å². The van der Waals surface area contributed by atoms with Gasteiger partial charge in [-0.15, -0.1) is 0 Å². The summed E-state index contributed by atoms with van der Waals surface area (Å²) < 4.78 is 7.33. The molecule has 0 unspecified atom stereocenters. The number of likely N-dealkylation sites (N-methyl/N-ethyl adjacent to an activating group) is 1. The van der Waals surface area contributed by atoms with Crippen LogP contribution in [0.4, 0.5) is 5.69 Å². The minimum Gasteiger partial charge on any atom is -0.481 e. The van der Waals surface area contributed by atoms with E-state index in [1.165, 1.54) is 7.11 Å². The van der Waals surface area contributed by atoms with Gasteiger partial charge in [-0.2, -0.15) is 4.98 Å². The molecule has 12 heteroatoms. The molecule has 0 saturated heterocycles. The molecule has 0 atom stereocenters. The van der Waals surface area contributed by atoms with Gasteiger partial charge in [-0.1, -0.05) is 47.5 Å². The maximum absolute atomic E-state index is 13.3. The monoisotopic (exact) mass is 595 g/mol. The second-order valence-corrected chi connectivity index (χ2v) is 10.5. The van der Waals surface area contributed by atoms with Gasteiger partial charge in [0.1, 0.15) is 0 Å². The van der Waals surface area contributed by atoms with Crippen molar-refractivity contribution in [2.45, 2.75) is 19.5 Å². The minimum absolute atomic E-state index is 0.0276. The third-order valence-corrected chi connectivity index (χ3v) is 7.86. The number of anilines is 1. The zero-order valence-corrected chi connectivity index (χ0v) is 24.6. The van der Waals surface area contributed by atoms with E-state index in [2.05, 4.69) is 30.5 Å². The standard InChI is InChI=1S/C29H31Cl2N7O3/c1-37-12-10-23-22(16-37)34-27(38(23)2)28(40)35-21-9-5-7-19(25(21)31)18-6-4-8-20(24(18)30)26-33-15-17(14-32-11-13-39)29(36-26)41-3/h4-9,15,32,39H,10-14,16H2,1-3H3,(H,35,40). The Kier molecular flexibility index (Phi) is 8.86. The molecule has 0 radical (unpaired) electrons. The number of amides is 1. The van der Waals surface area contributed by atoms with Gasteiger partial charge < -0.3 is 29.9 Å². The molecule has 3 N–H and O–H groups in total. The average Bonchev–Trinajstić information content (AvgIpc) is 3.30. The molecule has 0 fully saturated rings. The number of hydrogen-bond donors (Lipinski definition) is 3. The van der Waals surface area contributed by atoms with Crippen LogP contribution >= 0.6 is 23.2 Å². The number of imidazole rings is 1. The molecule has 0 aliphatic carbocycles. The van der Waals surface area contributed by atoms with Crippen LogP contribution in [0.5, 0.6) is 5.88 Å². The summed E-state index contributed by atoms with van der Waals surface area (Å²) in [5.41, 5.74) is 5.11. The topological polar surface area (TPSA) is 117 Å². The van der Waals surface area contributed by atoms with E-state index >= 15 is 0 Å². The van der Waals surface area contributed by atoms with Crippen molar-refractivity contribution >= 4 is 34.8 Å². The lowest BCUT2D eigenvalue weighted by Crippen LogP contribution is -2.27. The van der Waals surface area contributed by atoms with E-state index < -0.39 is 0 Å². The third kappa shape index (κ3) is 5.93. The number of hydrogen-bond acceptors (Lipinski definition) is 8. The van der Waals surface area contributed by atoms with Crippen molar-refractivity contribution in [2.24, 2.45) is 7.05 Å². The molecule has 2 aromatic heterocycles. The molecule has 0 bridgehead atoms. The van der Waals surface area contributed by atoms with Gasteiger partial charge in [-0.3, -0.25) is 4.79 Å². The molecule has 1 aliphatic rings.